The summed E-state index contributed by atoms with van der Waals surface area (Å²) < 4.78 is 10.5. The summed E-state index contributed by atoms with van der Waals surface area (Å²) in [6.45, 7) is 0.0467. The number of carbonyl (C=O) groups is 2. The largest absolute Gasteiger partial charge is 0.467 e. The summed E-state index contributed by atoms with van der Waals surface area (Å²) >= 11 is 0. The molecular formula is C22H23NO4. The fourth-order valence-corrected chi connectivity index (χ4v) is 2.96. The zero-order valence-electron chi connectivity index (χ0n) is 15.2. The lowest BCUT2D eigenvalue weighted by Gasteiger charge is -2.26. The molecule has 5 nitrogen and oxygen atoms in total. The van der Waals surface area contributed by atoms with Crippen LogP contribution in [0.5, 0.6) is 0 Å². The van der Waals surface area contributed by atoms with Crippen LogP contribution >= 0.6 is 0 Å². The minimum atomic E-state index is -0.539. The van der Waals surface area contributed by atoms with E-state index in [0.29, 0.717) is 12.3 Å². The highest BCUT2D eigenvalue weighted by Gasteiger charge is 2.21. The van der Waals surface area contributed by atoms with E-state index in [4.69, 9.17) is 9.15 Å². The molecule has 0 fully saturated rings. The van der Waals surface area contributed by atoms with Gasteiger partial charge in [-0.15, -0.1) is 0 Å². The van der Waals surface area contributed by atoms with Crippen molar-refractivity contribution in [1.29, 1.82) is 0 Å². The molecular weight excluding hydrogens is 342 g/mol. The SMILES string of the molecule is O=C(/C=C/c1ccccc1)OCC(=O)N(Cc1ccco1)C1=CCCCC1. The van der Waals surface area contributed by atoms with Gasteiger partial charge in [-0.3, -0.25) is 4.79 Å². The molecule has 0 N–H and O–H groups in total. The molecule has 0 atom stereocenters. The minimum absolute atomic E-state index is 0.249. The maximum absolute atomic E-state index is 12.7. The maximum Gasteiger partial charge on any atom is 0.331 e. The summed E-state index contributed by atoms with van der Waals surface area (Å²) in [5.74, 6) is -0.0890. The Balaban J connectivity index is 1.59. The van der Waals surface area contributed by atoms with Crippen molar-refractivity contribution in [2.75, 3.05) is 6.61 Å². The van der Waals surface area contributed by atoms with E-state index in [9.17, 15) is 9.59 Å². The first-order valence-corrected chi connectivity index (χ1v) is 9.14. The molecule has 1 aliphatic carbocycles. The van der Waals surface area contributed by atoms with E-state index in [1.807, 2.05) is 36.4 Å². The topological polar surface area (TPSA) is 59.8 Å². The second-order valence-corrected chi connectivity index (χ2v) is 6.35. The van der Waals surface area contributed by atoms with Gasteiger partial charge in [0.25, 0.3) is 5.91 Å². The van der Waals surface area contributed by atoms with E-state index < -0.39 is 5.97 Å². The molecule has 1 aromatic carbocycles. The monoisotopic (exact) mass is 365 g/mol. The molecule has 0 radical (unpaired) electrons. The van der Waals surface area contributed by atoms with E-state index in [1.54, 1.807) is 23.3 Å². The van der Waals surface area contributed by atoms with Crippen molar-refractivity contribution in [3.05, 3.63) is 77.9 Å². The third-order valence-electron chi connectivity index (χ3n) is 4.36. The van der Waals surface area contributed by atoms with Crippen LogP contribution in [0, 0.1) is 0 Å². The third kappa shape index (κ3) is 5.71. The van der Waals surface area contributed by atoms with Gasteiger partial charge in [0.05, 0.1) is 12.8 Å². The zero-order valence-corrected chi connectivity index (χ0v) is 15.2. The molecule has 1 aromatic heterocycles. The average molecular weight is 365 g/mol. The molecule has 2 aromatic rings. The molecule has 0 bridgehead atoms. The van der Waals surface area contributed by atoms with Crippen molar-refractivity contribution in [3.63, 3.8) is 0 Å². The van der Waals surface area contributed by atoms with Gasteiger partial charge in [0.2, 0.25) is 0 Å². The maximum atomic E-state index is 12.7. The predicted molar refractivity (Wildman–Crippen MR) is 102 cm³/mol. The highest BCUT2D eigenvalue weighted by molar-refractivity contribution is 5.89. The number of carbonyl (C=O) groups excluding carboxylic acids is 2. The molecule has 140 valence electrons. The summed E-state index contributed by atoms with van der Waals surface area (Å²) in [7, 11) is 0. The Morgan fingerprint density at radius 3 is 2.67 bits per heavy atom. The second-order valence-electron chi connectivity index (χ2n) is 6.35. The highest BCUT2D eigenvalue weighted by Crippen LogP contribution is 2.23. The van der Waals surface area contributed by atoms with Crippen LogP contribution < -0.4 is 0 Å². The van der Waals surface area contributed by atoms with Crippen LogP contribution in [0.4, 0.5) is 0 Å². The van der Waals surface area contributed by atoms with Crippen LogP contribution in [-0.2, 0) is 20.9 Å². The molecule has 0 saturated carbocycles. The van der Waals surface area contributed by atoms with Gasteiger partial charge in [-0.25, -0.2) is 4.79 Å². The van der Waals surface area contributed by atoms with Crippen LogP contribution in [0.2, 0.25) is 0 Å². The Morgan fingerprint density at radius 2 is 1.96 bits per heavy atom. The Bertz CT molecular complexity index is 806. The first kappa shape index (κ1) is 18.7. The first-order valence-electron chi connectivity index (χ1n) is 9.14. The standard InChI is InChI=1S/C22H23NO4/c24-21(17-27-22(25)14-13-18-8-3-1-4-9-18)23(16-20-12-7-15-26-20)19-10-5-2-6-11-19/h1,3-4,7-10,12-15H,2,5-6,11,16-17H2/b14-13+. The van der Waals surface area contributed by atoms with Gasteiger partial charge >= 0.3 is 5.97 Å². The summed E-state index contributed by atoms with van der Waals surface area (Å²) in [4.78, 5) is 26.3. The van der Waals surface area contributed by atoms with Gasteiger partial charge in [0.15, 0.2) is 6.61 Å². The van der Waals surface area contributed by atoms with Crippen molar-refractivity contribution >= 4 is 18.0 Å². The third-order valence-corrected chi connectivity index (χ3v) is 4.36. The van der Waals surface area contributed by atoms with E-state index in [0.717, 1.165) is 36.9 Å². The molecule has 3 rings (SSSR count). The number of nitrogens with zero attached hydrogens (tertiary/aromatic N) is 1. The number of furan rings is 1. The second kappa shape index (κ2) is 9.57. The lowest BCUT2D eigenvalue weighted by Crippen LogP contribution is -2.34. The lowest BCUT2D eigenvalue weighted by molar-refractivity contribution is -0.147. The molecule has 27 heavy (non-hydrogen) atoms. The van der Waals surface area contributed by atoms with E-state index in [-0.39, 0.29) is 12.5 Å². The van der Waals surface area contributed by atoms with Crippen molar-refractivity contribution in [2.45, 2.75) is 32.2 Å². The Morgan fingerprint density at radius 1 is 1.11 bits per heavy atom. The van der Waals surface area contributed by atoms with E-state index in [1.165, 1.54) is 6.08 Å². The van der Waals surface area contributed by atoms with Gasteiger partial charge in [-0.1, -0.05) is 36.4 Å². The molecule has 1 amide bonds. The number of hydrogen-bond acceptors (Lipinski definition) is 4. The number of amides is 1. The smallest absolute Gasteiger partial charge is 0.331 e. The molecule has 0 saturated heterocycles. The van der Waals surface area contributed by atoms with Crippen LogP contribution in [-0.4, -0.2) is 23.4 Å². The number of rotatable bonds is 7. The summed E-state index contributed by atoms with van der Waals surface area (Å²) in [5, 5.41) is 0. The number of esters is 1. The Kier molecular flexibility index (Phi) is 6.63. The summed E-state index contributed by atoms with van der Waals surface area (Å²) in [6.07, 6.45) is 10.6. The normalized spacial score (nSPS) is 14.0. The van der Waals surface area contributed by atoms with Gasteiger partial charge in [-0.2, -0.15) is 0 Å². The number of benzene rings is 1. The van der Waals surface area contributed by atoms with Crippen LogP contribution in [0.25, 0.3) is 6.08 Å². The van der Waals surface area contributed by atoms with E-state index >= 15 is 0 Å². The van der Waals surface area contributed by atoms with Crippen LogP contribution in [0.15, 0.2) is 71.0 Å². The van der Waals surface area contributed by atoms with Gasteiger partial charge < -0.3 is 14.1 Å². The van der Waals surface area contributed by atoms with Crippen LogP contribution in [0.3, 0.4) is 0 Å². The molecule has 0 unspecified atom stereocenters. The van der Waals surface area contributed by atoms with Crippen molar-refractivity contribution in [3.8, 4) is 0 Å². The molecule has 0 aliphatic heterocycles. The average Bonchev–Trinajstić information content (AvgIpc) is 3.23. The number of ether oxygens (including phenoxy) is 1. The summed E-state index contributed by atoms with van der Waals surface area (Å²) in [5.41, 5.74) is 1.87. The quantitative estimate of drug-likeness (QED) is 0.541. The molecule has 0 spiro atoms. The Hall–Kier alpha value is -3.08. The molecule has 1 aliphatic rings. The van der Waals surface area contributed by atoms with Crippen molar-refractivity contribution in [2.24, 2.45) is 0 Å². The first-order chi connectivity index (χ1) is 13.2. The summed E-state index contributed by atoms with van der Waals surface area (Å²) in [6, 6.07) is 13.1. The lowest BCUT2D eigenvalue weighted by atomic mass is 10.0. The fourth-order valence-electron chi connectivity index (χ4n) is 2.96. The predicted octanol–water partition coefficient (Wildman–Crippen LogP) is 4.32. The van der Waals surface area contributed by atoms with Gasteiger partial charge in [0, 0.05) is 11.8 Å². The fraction of sp³-hybridized carbons (Fsp3) is 0.273. The Labute approximate surface area is 158 Å². The molecule has 1 heterocycles. The van der Waals surface area contributed by atoms with Crippen LogP contribution in [0.1, 0.15) is 37.0 Å². The van der Waals surface area contributed by atoms with Gasteiger partial charge in [-0.05, 0) is 49.5 Å². The minimum Gasteiger partial charge on any atom is -0.467 e. The van der Waals surface area contributed by atoms with E-state index in [2.05, 4.69) is 6.08 Å². The van der Waals surface area contributed by atoms with Gasteiger partial charge in [0.1, 0.15) is 5.76 Å². The van der Waals surface area contributed by atoms with Crippen molar-refractivity contribution in [1.82, 2.24) is 4.90 Å². The number of hydrogen-bond donors (Lipinski definition) is 0. The zero-order chi connectivity index (χ0) is 18.9. The molecule has 5 heteroatoms. The number of allylic oxidation sites excluding steroid dienone is 2. The highest BCUT2D eigenvalue weighted by atomic mass is 16.5. The van der Waals surface area contributed by atoms with Crippen molar-refractivity contribution < 1.29 is 18.7 Å².